The standard InChI is InChI=1S/C20H23N5O2/c1-4-25-13-12-21-18(25)14-24(3)20(26)16-8-6-15(7-9-16)17-10-11-19(23-22-17)27-5-2/h6-13H,4-5,14H2,1-3H3. The fourth-order valence-corrected chi connectivity index (χ4v) is 2.77. The van der Waals surface area contributed by atoms with Crippen molar-refractivity contribution in [3.8, 4) is 17.1 Å². The van der Waals surface area contributed by atoms with Crippen molar-refractivity contribution in [3.05, 3.63) is 60.2 Å². The number of ether oxygens (including phenoxy) is 1. The summed E-state index contributed by atoms with van der Waals surface area (Å²) in [6.45, 7) is 5.80. The van der Waals surface area contributed by atoms with Gasteiger partial charge < -0.3 is 14.2 Å². The van der Waals surface area contributed by atoms with Gasteiger partial charge in [0.25, 0.3) is 5.91 Å². The molecule has 0 aliphatic rings. The Labute approximate surface area is 158 Å². The largest absolute Gasteiger partial charge is 0.477 e. The minimum absolute atomic E-state index is 0.0509. The molecule has 0 aliphatic carbocycles. The van der Waals surface area contributed by atoms with Gasteiger partial charge >= 0.3 is 0 Å². The van der Waals surface area contributed by atoms with Gasteiger partial charge in [-0.1, -0.05) is 12.1 Å². The highest BCUT2D eigenvalue weighted by atomic mass is 16.5. The molecule has 1 aromatic carbocycles. The van der Waals surface area contributed by atoms with Crippen LogP contribution >= 0.6 is 0 Å². The fourth-order valence-electron chi connectivity index (χ4n) is 2.77. The SMILES string of the molecule is CCOc1ccc(-c2ccc(C(=O)N(C)Cc3nccn3CC)cc2)nn1. The van der Waals surface area contributed by atoms with Gasteiger partial charge in [0.05, 0.1) is 18.8 Å². The summed E-state index contributed by atoms with van der Waals surface area (Å²) in [5.41, 5.74) is 2.25. The smallest absolute Gasteiger partial charge is 0.254 e. The van der Waals surface area contributed by atoms with Crippen LogP contribution in [0.3, 0.4) is 0 Å². The molecule has 0 saturated carbocycles. The first-order valence-electron chi connectivity index (χ1n) is 8.94. The third kappa shape index (κ3) is 4.31. The quantitative estimate of drug-likeness (QED) is 0.643. The Balaban J connectivity index is 1.69. The molecule has 0 saturated heterocycles. The molecule has 140 valence electrons. The first kappa shape index (κ1) is 18.6. The van der Waals surface area contributed by atoms with E-state index in [2.05, 4.69) is 22.1 Å². The number of carbonyl (C=O) groups is 1. The molecule has 0 atom stereocenters. The summed E-state index contributed by atoms with van der Waals surface area (Å²) in [7, 11) is 1.78. The molecule has 3 aromatic rings. The van der Waals surface area contributed by atoms with Crippen molar-refractivity contribution in [2.24, 2.45) is 0 Å². The van der Waals surface area contributed by atoms with Crippen LogP contribution in [-0.4, -0.2) is 44.2 Å². The van der Waals surface area contributed by atoms with Crippen molar-refractivity contribution < 1.29 is 9.53 Å². The Morgan fingerprint density at radius 1 is 1.11 bits per heavy atom. The summed E-state index contributed by atoms with van der Waals surface area (Å²) in [6, 6.07) is 11.0. The molecule has 2 aromatic heterocycles. The van der Waals surface area contributed by atoms with Crippen LogP contribution in [-0.2, 0) is 13.1 Å². The molecule has 0 fully saturated rings. The number of hydrogen-bond donors (Lipinski definition) is 0. The van der Waals surface area contributed by atoms with Gasteiger partial charge in [-0.15, -0.1) is 10.2 Å². The van der Waals surface area contributed by atoms with Crippen molar-refractivity contribution in [1.82, 2.24) is 24.6 Å². The zero-order valence-corrected chi connectivity index (χ0v) is 15.8. The summed E-state index contributed by atoms with van der Waals surface area (Å²) >= 11 is 0. The van der Waals surface area contributed by atoms with E-state index in [1.165, 1.54) is 0 Å². The average molecular weight is 365 g/mol. The number of aromatic nitrogens is 4. The maximum atomic E-state index is 12.7. The molecule has 0 spiro atoms. The summed E-state index contributed by atoms with van der Waals surface area (Å²) in [6.07, 6.45) is 3.67. The van der Waals surface area contributed by atoms with Gasteiger partial charge in [0, 0.05) is 43.2 Å². The van der Waals surface area contributed by atoms with E-state index in [0.29, 0.717) is 24.6 Å². The molecule has 0 radical (unpaired) electrons. The van der Waals surface area contributed by atoms with Crippen molar-refractivity contribution in [2.75, 3.05) is 13.7 Å². The number of rotatable bonds is 7. The Hall–Kier alpha value is -3.22. The lowest BCUT2D eigenvalue weighted by atomic mass is 10.1. The molecule has 7 heteroatoms. The lowest BCUT2D eigenvalue weighted by molar-refractivity contribution is 0.0780. The minimum atomic E-state index is -0.0509. The van der Waals surface area contributed by atoms with Crippen molar-refractivity contribution >= 4 is 5.91 Å². The van der Waals surface area contributed by atoms with Crippen LogP contribution in [0.4, 0.5) is 0 Å². The van der Waals surface area contributed by atoms with Crippen LogP contribution in [0.5, 0.6) is 5.88 Å². The first-order chi connectivity index (χ1) is 13.1. The van der Waals surface area contributed by atoms with Crippen LogP contribution in [0.1, 0.15) is 30.0 Å². The van der Waals surface area contributed by atoms with Gasteiger partial charge in [0.15, 0.2) is 0 Å². The highest BCUT2D eigenvalue weighted by molar-refractivity contribution is 5.94. The van der Waals surface area contributed by atoms with Gasteiger partial charge in [0.1, 0.15) is 5.82 Å². The zero-order valence-electron chi connectivity index (χ0n) is 15.8. The highest BCUT2D eigenvalue weighted by Gasteiger charge is 2.14. The molecule has 2 heterocycles. The van der Waals surface area contributed by atoms with E-state index >= 15 is 0 Å². The Morgan fingerprint density at radius 3 is 2.52 bits per heavy atom. The zero-order chi connectivity index (χ0) is 19.2. The van der Waals surface area contributed by atoms with Crippen LogP contribution in [0.2, 0.25) is 0 Å². The van der Waals surface area contributed by atoms with Crippen LogP contribution in [0.15, 0.2) is 48.8 Å². The molecule has 3 rings (SSSR count). The van der Waals surface area contributed by atoms with Crippen LogP contribution in [0.25, 0.3) is 11.3 Å². The number of imidazole rings is 1. The maximum Gasteiger partial charge on any atom is 0.254 e. The second-order valence-electron chi connectivity index (χ2n) is 6.06. The monoisotopic (exact) mass is 365 g/mol. The average Bonchev–Trinajstić information content (AvgIpc) is 3.15. The molecule has 27 heavy (non-hydrogen) atoms. The summed E-state index contributed by atoms with van der Waals surface area (Å²) in [5.74, 6) is 1.32. The Bertz CT molecular complexity index is 887. The van der Waals surface area contributed by atoms with Gasteiger partial charge in [-0.05, 0) is 32.0 Å². The van der Waals surface area contributed by atoms with E-state index in [-0.39, 0.29) is 5.91 Å². The van der Waals surface area contributed by atoms with E-state index < -0.39 is 0 Å². The molecule has 7 nitrogen and oxygen atoms in total. The molecule has 1 amide bonds. The van der Waals surface area contributed by atoms with Gasteiger partial charge in [-0.2, -0.15) is 0 Å². The van der Waals surface area contributed by atoms with Crippen LogP contribution in [0, 0.1) is 0 Å². The fraction of sp³-hybridized carbons (Fsp3) is 0.300. The summed E-state index contributed by atoms with van der Waals surface area (Å²) in [5, 5.41) is 8.20. The Kier molecular flexibility index (Phi) is 5.80. The van der Waals surface area contributed by atoms with Crippen LogP contribution < -0.4 is 4.74 Å². The lowest BCUT2D eigenvalue weighted by Gasteiger charge is -2.17. The van der Waals surface area contributed by atoms with E-state index in [0.717, 1.165) is 23.6 Å². The third-order valence-electron chi connectivity index (χ3n) is 4.23. The maximum absolute atomic E-state index is 12.7. The third-order valence-corrected chi connectivity index (χ3v) is 4.23. The number of amides is 1. The van der Waals surface area contributed by atoms with E-state index in [9.17, 15) is 4.79 Å². The molecule has 0 bridgehead atoms. The van der Waals surface area contributed by atoms with Gasteiger partial charge in [-0.3, -0.25) is 4.79 Å². The van der Waals surface area contributed by atoms with E-state index in [4.69, 9.17) is 4.74 Å². The van der Waals surface area contributed by atoms with Crippen molar-refractivity contribution in [2.45, 2.75) is 26.9 Å². The van der Waals surface area contributed by atoms with Gasteiger partial charge in [0.2, 0.25) is 5.88 Å². The summed E-state index contributed by atoms with van der Waals surface area (Å²) < 4.78 is 7.33. The predicted molar refractivity (Wildman–Crippen MR) is 102 cm³/mol. The number of aryl methyl sites for hydroxylation is 1. The van der Waals surface area contributed by atoms with Crippen molar-refractivity contribution in [1.29, 1.82) is 0 Å². The second kappa shape index (κ2) is 8.44. The number of nitrogens with zero attached hydrogens (tertiary/aromatic N) is 5. The molecule has 0 unspecified atom stereocenters. The summed E-state index contributed by atoms with van der Waals surface area (Å²) in [4.78, 5) is 18.7. The second-order valence-corrected chi connectivity index (χ2v) is 6.06. The van der Waals surface area contributed by atoms with Gasteiger partial charge in [-0.25, -0.2) is 4.98 Å². The molecule has 0 N–H and O–H groups in total. The first-order valence-corrected chi connectivity index (χ1v) is 8.94. The number of carbonyl (C=O) groups excluding carboxylic acids is 1. The topological polar surface area (TPSA) is 73.1 Å². The Morgan fingerprint density at radius 2 is 1.89 bits per heavy atom. The number of benzene rings is 1. The van der Waals surface area contributed by atoms with E-state index in [1.54, 1.807) is 36.3 Å². The minimum Gasteiger partial charge on any atom is -0.477 e. The normalized spacial score (nSPS) is 10.6. The predicted octanol–water partition coefficient (Wildman–Crippen LogP) is 3.03. The highest BCUT2D eigenvalue weighted by Crippen LogP contribution is 2.19. The van der Waals surface area contributed by atoms with E-state index in [1.807, 2.05) is 35.9 Å². The van der Waals surface area contributed by atoms with Crippen molar-refractivity contribution in [3.63, 3.8) is 0 Å². The molecular formula is C20H23N5O2. The number of hydrogen-bond acceptors (Lipinski definition) is 5. The molecular weight excluding hydrogens is 342 g/mol. The lowest BCUT2D eigenvalue weighted by Crippen LogP contribution is -2.27. The molecule has 0 aliphatic heterocycles.